The van der Waals surface area contributed by atoms with Crippen molar-refractivity contribution in [3.05, 3.63) is 35.7 Å². The van der Waals surface area contributed by atoms with Gasteiger partial charge in [0.05, 0.1) is 5.69 Å². The molecule has 1 atom stereocenters. The Morgan fingerprint density at radius 3 is 2.78 bits per heavy atom. The van der Waals surface area contributed by atoms with E-state index in [1.807, 2.05) is 35.7 Å². The molecule has 1 aromatic heterocycles. The van der Waals surface area contributed by atoms with Crippen molar-refractivity contribution in [1.82, 2.24) is 4.98 Å². The molecule has 2 rings (SSSR count). The quantitative estimate of drug-likeness (QED) is 0.857. The number of benzene rings is 1. The van der Waals surface area contributed by atoms with Gasteiger partial charge in [0.25, 0.3) is 0 Å². The molecule has 1 aromatic carbocycles. The highest BCUT2D eigenvalue weighted by Gasteiger charge is 2.09. The monoisotopic (exact) mass is 261 g/mol. The molecule has 0 saturated carbocycles. The molecule has 0 fully saturated rings. The maximum Gasteiger partial charge on any atom is 0.330 e. The van der Waals surface area contributed by atoms with Crippen molar-refractivity contribution in [2.75, 3.05) is 0 Å². The minimum Gasteiger partial charge on any atom is -0.480 e. The van der Waals surface area contributed by atoms with E-state index < -0.39 is 12.0 Å². The number of carbonyl (C=O) groups is 1. The highest BCUT2D eigenvalue weighted by atomic mass is 32.1. The van der Waals surface area contributed by atoms with Crippen LogP contribution >= 0.6 is 11.3 Å². The Labute approximate surface area is 108 Å². The number of thiazole rings is 1. The SMILES string of the molecule is CC(N=Nc1nc(-c2ccccc2)cs1)C(=O)O. The van der Waals surface area contributed by atoms with Gasteiger partial charge in [0.15, 0.2) is 6.04 Å². The number of nitrogens with zero attached hydrogens (tertiary/aromatic N) is 3. The van der Waals surface area contributed by atoms with Crippen molar-refractivity contribution < 1.29 is 9.90 Å². The van der Waals surface area contributed by atoms with Gasteiger partial charge >= 0.3 is 5.97 Å². The smallest absolute Gasteiger partial charge is 0.330 e. The molecule has 2 aromatic rings. The lowest BCUT2D eigenvalue weighted by Gasteiger charge is -1.94. The van der Waals surface area contributed by atoms with E-state index in [0.29, 0.717) is 5.13 Å². The van der Waals surface area contributed by atoms with Gasteiger partial charge in [0, 0.05) is 10.9 Å². The first kappa shape index (κ1) is 12.4. The number of hydrogen-bond donors (Lipinski definition) is 1. The molecule has 5 nitrogen and oxygen atoms in total. The summed E-state index contributed by atoms with van der Waals surface area (Å²) in [6.45, 7) is 1.47. The van der Waals surface area contributed by atoms with E-state index in [9.17, 15) is 4.79 Å². The molecule has 0 spiro atoms. The first-order chi connectivity index (χ1) is 8.66. The van der Waals surface area contributed by atoms with E-state index >= 15 is 0 Å². The summed E-state index contributed by atoms with van der Waals surface area (Å²) in [7, 11) is 0. The van der Waals surface area contributed by atoms with Crippen molar-refractivity contribution in [2.45, 2.75) is 13.0 Å². The van der Waals surface area contributed by atoms with Gasteiger partial charge in [-0.25, -0.2) is 9.78 Å². The summed E-state index contributed by atoms with van der Waals surface area (Å²) in [5, 5.41) is 18.5. The van der Waals surface area contributed by atoms with Crippen LogP contribution in [0.3, 0.4) is 0 Å². The van der Waals surface area contributed by atoms with Crippen LogP contribution in [0.4, 0.5) is 5.13 Å². The topological polar surface area (TPSA) is 74.9 Å². The maximum absolute atomic E-state index is 10.6. The van der Waals surface area contributed by atoms with E-state index in [1.54, 1.807) is 0 Å². The summed E-state index contributed by atoms with van der Waals surface area (Å²) in [5.74, 6) is -1.00. The Morgan fingerprint density at radius 1 is 1.39 bits per heavy atom. The van der Waals surface area contributed by atoms with E-state index in [4.69, 9.17) is 5.11 Å². The summed E-state index contributed by atoms with van der Waals surface area (Å²) in [5.41, 5.74) is 1.82. The number of aliphatic carboxylic acids is 1. The molecule has 0 aliphatic heterocycles. The lowest BCUT2D eigenvalue weighted by molar-refractivity contribution is -0.138. The molecule has 0 saturated heterocycles. The third-order valence-electron chi connectivity index (χ3n) is 2.24. The standard InChI is InChI=1S/C12H11N3O2S/c1-8(11(16)17)14-15-12-13-10(7-18-12)9-5-3-2-4-6-9/h2-8H,1H3,(H,16,17). The molecule has 0 aliphatic rings. The molecule has 1 heterocycles. The number of rotatable bonds is 4. The normalized spacial score (nSPS) is 12.7. The molecule has 18 heavy (non-hydrogen) atoms. The van der Waals surface area contributed by atoms with Crippen LogP contribution in [-0.2, 0) is 4.79 Å². The minimum absolute atomic E-state index is 0.460. The highest BCUT2D eigenvalue weighted by molar-refractivity contribution is 7.13. The van der Waals surface area contributed by atoms with Gasteiger partial charge in [0.1, 0.15) is 0 Å². The van der Waals surface area contributed by atoms with Crippen molar-refractivity contribution in [2.24, 2.45) is 10.2 Å². The van der Waals surface area contributed by atoms with Crippen LogP contribution in [0, 0.1) is 0 Å². The third kappa shape index (κ3) is 2.98. The average Bonchev–Trinajstić information content (AvgIpc) is 2.85. The van der Waals surface area contributed by atoms with Crippen LogP contribution in [-0.4, -0.2) is 22.1 Å². The zero-order valence-corrected chi connectivity index (χ0v) is 10.5. The van der Waals surface area contributed by atoms with Gasteiger partial charge in [0.2, 0.25) is 5.13 Å². The van der Waals surface area contributed by atoms with Gasteiger partial charge in [-0.1, -0.05) is 30.3 Å². The van der Waals surface area contributed by atoms with Crippen molar-refractivity contribution in [3.8, 4) is 11.3 Å². The lowest BCUT2D eigenvalue weighted by atomic mass is 10.2. The number of carboxylic acid groups (broad SMARTS) is 1. The number of aromatic nitrogens is 1. The highest BCUT2D eigenvalue weighted by Crippen LogP contribution is 2.26. The minimum atomic E-state index is -1.00. The number of azo groups is 1. The summed E-state index contributed by atoms with van der Waals surface area (Å²) in [6.07, 6.45) is 0. The molecule has 92 valence electrons. The Bertz CT molecular complexity index is 566. The Balaban J connectivity index is 2.14. The Hall–Kier alpha value is -2.08. The first-order valence-corrected chi connectivity index (χ1v) is 6.19. The summed E-state index contributed by atoms with van der Waals surface area (Å²) < 4.78 is 0. The average molecular weight is 261 g/mol. The molecular formula is C12H11N3O2S. The molecule has 1 N–H and O–H groups in total. The molecule has 0 aliphatic carbocycles. The van der Waals surface area contributed by atoms with Crippen LogP contribution < -0.4 is 0 Å². The van der Waals surface area contributed by atoms with Crippen LogP contribution in [0.25, 0.3) is 11.3 Å². The van der Waals surface area contributed by atoms with Gasteiger partial charge in [-0.2, -0.15) is 5.11 Å². The number of hydrogen-bond acceptors (Lipinski definition) is 5. The van der Waals surface area contributed by atoms with Gasteiger partial charge in [-0.3, -0.25) is 0 Å². The summed E-state index contributed by atoms with van der Waals surface area (Å²) in [6, 6.07) is 8.86. The molecule has 0 radical (unpaired) electrons. The molecule has 6 heteroatoms. The Kier molecular flexibility index (Phi) is 3.78. The predicted octanol–water partition coefficient (Wildman–Crippen LogP) is 3.37. The van der Waals surface area contributed by atoms with Crippen molar-refractivity contribution in [3.63, 3.8) is 0 Å². The van der Waals surface area contributed by atoms with Crippen molar-refractivity contribution in [1.29, 1.82) is 0 Å². The van der Waals surface area contributed by atoms with Crippen molar-refractivity contribution >= 4 is 22.4 Å². The lowest BCUT2D eigenvalue weighted by Crippen LogP contribution is -2.11. The maximum atomic E-state index is 10.6. The second-order valence-corrected chi connectivity index (χ2v) is 4.45. The second kappa shape index (κ2) is 5.50. The Morgan fingerprint density at radius 2 is 2.11 bits per heavy atom. The van der Waals surface area contributed by atoms with Crippen LogP contribution in [0.5, 0.6) is 0 Å². The van der Waals surface area contributed by atoms with E-state index in [-0.39, 0.29) is 0 Å². The third-order valence-corrected chi connectivity index (χ3v) is 2.96. The molecule has 0 bridgehead atoms. The van der Waals surface area contributed by atoms with Crippen LogP contribution in [0.15, 0.2) is 45.9 Å². The summed E-state index contributed by atoms with van der Waals surface area (Å²) in [4.78, 5) is 14.9. The van der Waals surface area contributed by atoms with Gasteiger partial charge < -0.3 is 5.11 Å². The number of carboxylic acids is 1. The molecular weight excluding hydrogens is 250 g/mol. The fourth-order valence-corrected chi connectivity index (χ4v) is 1.89. The van der Waals surface area contributed by atoms with E-state index in [1.165, 1.54) is 18.3 Å². The molecule has 0 amide bonds. The molecule has 1 unspecified atom stereocenters. The van der Waals surface area contributed by atoms with Gasteiger partial charge in [-0.15, -0.1) is 16.5 Å². The zero-order valence-electron chi connectivity index (χ0n) is 9.65. The van der Waals surface area contributed by atoms with E-state index in [2.05, 4.69) is 15.2 Å². The summed E-state index contributed by atoms with van der Waals surface area (Å²) >= 11 is 1.33. The largest absolute Gasteiger partial charge is 0.480 e. The predicted molar refractivity (Wildman–Crippen MR) is 69.2 cm³/mol. The zero-order chi connectivity index (χ0) is 13.0. The second-order valence-electron chi connectivity index (χ2n) is 3.61. The fraction of sp³-hybridized carbons (Fsp3) is 0.167. The first-order valence-electron chi connectivity index (χ1n) is 5.31. The fourth-order valence-electron chi connectivity index (χ4n) is 1.24. The van der Waals surface area contributed by atoms with Gasteiger partial charge in [-0.05, 0) is 6.92 Å². The van der Waals surface area contributed by atoms with Crippen LogP contribution in [0.1, 0.15) is 6.92 Å². The van der Waals surface area contributed by atoms with E-state index in [0.717, 1.165) is 11.3 Å². The van der Waals surface area contributed by atoms with Crippen LogP contribution in [0.2, 0.25) is 0 Å².